The molecule has 0 aliphatic heterocycles. The van der Waals surface area contributed by atoms with Gasteiger partial charge in [0.25, 0.3) is 0 Å². The van der Waals surface area contributed by atoms with E-state index < -0.39 is 5.97 Å². The van der Waals surface area contributed by atoms with Crippen molar-refractivity contribution in [1.29, 1.82) is 0 Å². The molecular formula is C17H17N3O2. The van der Waals surface area contributed by atoms with Gasteiger partial charge in [0.05, 0.1) is 5.56 Å². The lowest BCUT2D eigenvalue weighted by atomic mass is 10.1. The highest BCUT2D eigenvalue weighted by atomic mass is 16.4. The number of carbonyl (C=O) groups is 1. The van der Waals surface area contributed by atoms with Crippen molar-refractivity contribution in [3.05, 3.63) is 53.7 Å². The largest absolute Gasteiger partial charge is 0.478 e. The summed E-state index contributed by atoms with van der Waals surface area (Å²) >= 11 is 0. The van der Waals surface area contributed by atoms with Crippen molar-refractivity contribution in [3.8, 4) is 11.3 Å². The van der Waals surface area contributed by atoms with Crippen molar-refractivity contribution in [2.45, 2.75) is 19.8 Å². The van der Waals surface area contributed by atoms with Crippen LogP contribution in [0.2, 0.25) is 0 Å². The molecule has 112 valence electrons. The second-order valence-corrected chi connectivity index (χ2v) is 5.24. The van der Waals surface area contributed by atoms with E-state index in [4.69, 9.17) is 10.8 Å². The molecule has 5 nitrogen and oxygen atoms in total. The van der Waals surface area contributed by atoms with Crippen LogP contribution in [-0.4, -0.2) is 20.5 Å². The SMILES string of the molecule is CCCc1ccc(-c2nc3cc(C(=O)O)ccn3c2N)cc1. The average Bonchev–Trinajstić information content (AvgIpc) is 2.85. The third kappa shape index (κ3) is 2.41. The number of hydrogen-bond donors (Lipinski definition) is 2. The molecule has 0 bridgehead atoms. The summed E-state index contributed by atoms with van der Waals surface area (Å²) < 4.78 is 1.70. The van der Waals surface area contributed by atoms with Crippen LogP contribution in [0.3, 0.4) is 0 Å². The number of nitrogens with two attached hydrogens (primary N) is 1. The Morgan fingerprint density at radius 3 is 2.64 bits per heavy atom. The van der Waals surface area contributed by atoms with E-state index >= 15 is 0 Å². The fourth-order valence-corrected chi connectivity index (χ4v) is 2.53. The predicted octanol–water partition coefficient (Wildman–Crippen LogP) is 3.23. The lowest BCUT2D eigenvalue weighted by Gasteiger charge is -2.02. The minimum Gasteiger partial charge on any atom is -0.478 e. The van der Waals surface area contributed by atoms with E-state index in [1.165, 1.54) is 17.7 Å². The summed E-state index contributed by atoms with van der Waals surface area (Å²) in [6.07, 6.45) is 3.78. The predicted molar refractivity (Wildman–Crippen MR) is 86.0 cm³/mol. The van der Waals surface area contributed by atoms with Crippen LogP contribution in [0, 0.1) is 0 Å². The van der Waals surface area contributed by atoms with Gasteiger partial charge >= 0.3 is 5.97 Å². The van der Waals surface area contributed by atoms with Gasteiger partial charge in [-0.3, -0.25) is 4.40 Å². The molecule has 0 aliphatic carbocycles. The monoisotopic (exact) mass is 295 g/mol. The summed E-state index contributed by atoms with van der Waals surface area (Å²) in [7, 11) is 0. The molecule has 2 aromatic heterocycles. The number of nitrogens with zero attached hydrogens (tertiary/aromatic N) is 2. The maximum absolute atomic E-state index is 11.0. The molecule has 5 heteroatoms. The Balaban J connectivity index is 2.06. The third-order valence-corrected chi connectivity index (χ3v) is 3.68. The standard InChI is InChI=1S/C17H17N3O2/c1-2-3-11-4-6-12(7-5-11)15-16(18)20-9-8-13(17(21)22)10-14(20)19-15/h4-10H,2-3,18H2,1H3,(H,21,22). The number of anilines is 1. The molecule has 0 saturated heterocycles. The van der Waals surface area contributed by atoms with Crippen molar-refractivity contribution in [1.82, 2.24) is 9.38 Å². The van der Waals surface area contributed by atoms with Crippen molar-refractivity contribution < 1.29 is 9.90 Å². The molecule has 0 aliphatic rings. The van der Waals surface area contributed by atoms with Crippen LogP contribution in [0.4, 0.5) is 5.82 Å². The van der Waals surface area contributed by atoms with Gasteiger partial charge in [0.2, 0.25) is 0 Å². The van der Waals surface area contributed by atoms with E-state index in [1.54, 1.807) is 10.6 Å². The molecule has 0 amide bonds. The number of aromatic carboxylic acids is 1. The minimum absolute atomic E-state index is 0.197. The molecule has 1 aromatic carbocycles. The Hall–Kier alpha value is -2.82. The van der Waals surface area contributed by atoms with Gasteiger partial charge < -0.3 is 10.8 Å². The number of pyridine rings is 1. The lowest BCUT2D eigenvalue weighted by molar-refractivity contribution is 0.0697. The maximum atomic E-state index is 11.0. The zero-order valence-electron chi connectivity index (χ0n) is 12.3. The molecule has 0 spiro atoms. The first-order valence-electron chi connectivity index (χ1n) is 7.20. The van der Waals surface area contributed by atoms with Crippen molar-refractivity contribution in [2.24, 2.45) is 0 Å². The van der Waals surface area contributed by atoms with E-state index in [1.807, 2.05) is 12.1 Å². The summed E-state index contributed by atoms with van der Waals surface area (Å²) in [6.45, 7) is 2.15. The topological polar surface area (TPSA) is 80.6 Å². The summed E-state index contributed by atoms with van der Waals surface area (Å²) in [4.78, 5) is 15.5. The highest BCUT2D eigenvalue weighted by molar-refractivity contribution is 5.89. The van der Waals surface area contributed by atoms with E-state index in [0.717, 1.165) is 18.4 Å². The zero-order chi connectivity index (χ0) is 15.7. The Morgan fingerprint density at radius 1 is 1.27 bits per heavy atom. The average molecular weight is 295 g/mol. The van der Waals surface area contributed by atoms with Gasteiger partial charge in [-0.15, -0.1) is 0 Å². The van der Waals surface area contributed by atoms with Gasteiger partial charge in [0.1, 0.15) is 17.2 Å². The first kappa shape index (κ1) is 14.1. The van der Waals surface area contributed by atoms with E-state index in [2.05, 4.69) is 24.0 Å². The summed E-state index contributed by atoms with van der Waals surface area (Å²) in [5, 5.41) is 9.05. The van der Waals surface area contributed by atoms with E-state index in [9.17, 15) is 4.79 Å². The number of nitrogen functional groups attached to an aromatic ring is 1. The van der Waals surface area contributed by atoms with Gasteiger partial charge in [-0.1, -0.05) is 37.6 Å². The van der Waals surface area contributed by atoms with E-state index in [0.29, 0.717) is 17.2 Å². The molecule has 3 rings (SSSR count). The number of rotatable bonds is 4. The fraction of sp³-hybridized carbons (Fsp3) is 0.176. The summed E-state index contributed by atoms with van der Waals surface area (Å²) in [6, 6.07) is 11.2. The Morgan fingerprint density at radius 2 is 2.00 bits per heavy atom. The van der Waals surface area contributed by atoms with E-state index in [-0.39, 0.29) is 5.56 Å². The highest BCUT2D eigenvalue weighted by Crippen LogP contribution is 2.27. The zero-order valence-corrected chi connectivity index (χ0v) is 12.3. The highest BCUT2D eigenvalue weighted by Gasteiger charge is 2.13. The second-order valence-electron chi connectivity index (χ2n) is 5.24. The Kier molecular flexibility index (Phi) is 3.55. The maximum Gasteiger partial charge on any atom is 0.335 e. The second kappa shape index (κ2) is 5.52. The van der Waals surface area contributed by atoms with Gasteiger partial charge in [0, 0.05) is 11.8 Å². The number of fused-ring (bicyclic) bond motifs is 1. The van der Waals surface area contributed by atoms with Crippen LogP contribution < -0.4 is 5.73 Å². The smallest absolute Gasteiger partial charge is 0.335 e. The van der Waals surface area contributed by atoms with Crippen LogP contribution >= 0.6 is 0 Å². The number of aryl methyl sites for hydroxylation is 1. The Labute approximate surface area is 128 Å². The van der Waals surface area contributed by atoms with Crippen molar-refractivity contribution in [2.75, 3.05) is 5.73 Å². The number of aromatic nitrogens is 2. The van der Waals surface area contributed by atoms with Crippen molar-refractivity contribution >= 4 is 17.4 Å². The molecule has 0 fully saturated rings. The number of carboxylic acids is 1. The number of hydrogen-bond acceptors (Lipinski definition) is 3. The van der Waals surface area contributed by atoms with Crippen LogP contribution in [0.1, 0.15) is 29.3 Å². The summed E-state index contributed by atoms with van der Waals surface area (Å²) in [5.41, 5.74) is 9.76. The van der Waals surface area contributed by atoms with Crippen LogP contribution in [-0.2, 0) is 6.42 Å². The van der Waals surface area contributed by atoms with Crippen LogP contribution in [0.25, 0.3) is 16.9 Å². The fourth-order valence-electron chi connectivity index (χ4n) is 2.53. The molecule has 0 radical (unpaired) electrons. The number of imidazole rings is 1. The van der Waals surface area contributed by atoms with Crippen LogP contribution in [0.15, 0.2) is 42.6 Å². The quantitative estimate of drug-likeness (QED) is 0.774. The molecule has 0 saturated carbocycles. The first-order chi connectivity index (χ1) is 10.6. The van der Waals surface area contributed by atoms with Crippen molar-refractivity contribution in [3.63, 3.8) is 0 Å². The lowest BCUT2D eigenvalue weighted by Crippen LogP contribution is -1.99. The third-order valence-electron chi connectivity index (χ3n) is 3.68. The number of carboxylic acid groups (broad SMARTS) is 1. The van der Waals surface area contributed by atoms with Crippen LogP contribution in [0.5, 0.6) is 0 Å². The molecule has 0 unspecified atom stereocenters. The number of benzene rings is 1. The van der Waals surface area contributed by atoms with Gasteiger partial charge in [-0.2, -0.15) is 0 Å². The van der Waals surface area contributed by atoms with Gasteiger partial charge in [-0.05, 0) is 24.1 Å². The van der Waals surface area contributed by atoms with Gasteiger partial charge in [-0.25, -0.2) is 9.78 Å². The molecule has 3 aromatic rings. The molecule has 0 atom stereocenters. The molecule has 2 heterocycles. The minimum atomic E-state index is -0.977. The summed E-state index contributed by atoms with van der Waals surface area (Å²) in [5.74, 6) is -0.468. The molecule has 22 heavy (non-hydrogen) atoms. The Bertz CT molecular complexity index is 835. The molecular weight excluding hydrogens is 278 g/mol. The normalized spacial score (nSPS) is 11.0. The molecule has 3 N–H and O–H groups in total. The van der Waals surface area contributed by atoms with Gasteiger partial charge in [0.15, 0.2) is 0 Å². The first-order valence-corrected chi connectivity index (χ1v) is 7.20.